The standard InChI is InChI=1S/C52H52N14O10S6/c1-23(2)37-51-66-40(32(82-51)19-75-5)44(72)55-18-36(69)63-41(42(70)25-10-7-6-8-11-25)50-60-30(21-78-50)47-56-17-31(81-47)39-26(13-14-27(57-39)48-61-34(22-79-48)62-52(74)76-15-9-12-33(53)67)46-59-29(20-77-46)43(71)58-28(16-35(68)54-4)49-65-38(24(3)80-49)45(73)64-37/h6-8,10-11,13-14,17,20-23,28,37,41-42,70H,9,12,15-16,18-19H2,1-5H3,(H2,53,67)(H,54,68)(H,55,72)(H,58,71)(H,62,74)(H,63,69)(H,64,73)/t28-,37-,41-,42-/m0/s1. The summed E-state index contributed by atoms with van der Waals surface area (Å²) in [6.07, 6.45) is -0.349. The number of aromatic nitrogens is 7. The first-order chi connectivity index (χ1) is 39.5. The fourth-order valence-corrected chi connectivity index (χ4v) is 13.8. The van der Waals surface area contributed by atoms with Crippen molar-refractivity contribution in [3.63, 3.8) is 0 Å². The molecule has 7 aromatic heterocycles. The molecule has 0 spiro atoms. The Balaban J connectivity index is 1.11. The van der Waals surface area contributed by atoms with Gasteiger partial charge in [-0.25, -0.2) is 39.7 Å². The molecular formula is C52H52N14O10S6. The Hall–Kier alpha value is -7.84. The third kappa shape index (κ3) is 13.9. The molecule has 0 radical (unpaired) electrons. The number of carbonyl (C=O) groups excluding carboxylic acids is 7. The largest absolute Gasteiger partial charge is 0.449 e. The van der Waals surface area contributed by atoms with E-state index in [1.807, 2.05) is 13.8 Å². The average molecular weight is 1230 g/mol. The molecule has 9 rings (SSSR count). The number of ether oxygens (including phenoxy) is 2. The lowest BCUT2D eigenvalue weighted by Gasteiger charge is -2.23. The van der Waals surface area contributed by atoms with Gasteiger partial charge in [0, 0.05) is 53.4 Å². The zero-order valence-electron chi connectivity index (χ0n) is 44.3. The summed E-state index contributed by atoms with van der Waals surface area (Å²) in [4.78, 5) is 128. The van der Waals surface area contributed by atoms with Crippen molar-refractivity contribution in [3.05, 3.63) is 112 Å². The predicted molar refractivity (Wildman–Crippen MR) is 310 cm³/mol. The number of pyridine rings is 1. The normalized spacial score (nSPS) is 16.3. The van der Waals surface area contributed by atoms with Gasteiger partial charge in [-0.05, 0) is 37.0 Å². The maximum Gasteiger partial charge on any atom is 0.412 e. The minimum Gasteiger partial charge on any atom is -0.449 e. The summed E-state index contributed by atoms with van der Waals surface area (Å²) in [5.74, 6) is -3.47. The van der Waals surface area contributed by atoms with Crippen molar-refractivity contribution in [2.45, 2.75) is 70.9 Å². The van der Waals surface area contributed by atoms with Crippen molar-refractivity contribution in [2.75, 3.05) is 32.6 Å². The first-order valence-electron chi connectivity index (χ1n) is 25.1. The molecule has 0 aliphatic carbocycles. The Kier molecular flexibility index (Phi) is 18.9. The quantitative estimate of drug-likeness (QED) is 0.0532. The van der Waals surface area contributed by atoms with E-state index in [9.17, 15) is 38.7 Å². The van der Waals surface area contributed by atoms with E-state index in [0.29, 0.717) is 67.9 Å². The molecule has 4 atom stereocenters. The van der Waals surface area contributed by atoms with Gasteiger partial charge in [-0.2, -0.15) is 0 Å². The Morgan fingerprint density at radius 2 is 1.54 bits per heavy atom. The number of fused-ring (bicyclic) bond motifs is 14. The lowest BCUT2D eigenvalue weighted by atomic mass is 10.0. The van der Waals surface area contributed by atoms with Crippen molar-refractivity contribution in [1.82, 2.24) is 61.5 Å². The van der Waals surface area contributed by atoms with E-state index in [1.54, 1.807) is 71.7 Å². The van der Waals surface area contributed by atoms with Crippen LogP contribution >= 0.6 is 68.0 Å². The van der Waals surface area contributed by atoms with Crippen molar-refractivity contribution < 1.29 is 48.1 Å². The highest BCUT2D eigenvalue weighted by Crippen LogP contribution is 2.41. The fourth-order valence-electron chi connectivity index (χ4n) is 8.19. The Morgan fingerprint density at radius 1 is 0.768 bits per heavy atom. The molecule has 0 unspecified atom stereocenters. The first-order valence-corrected chi connectivity index (χ1v) is 30.2. The molecule has 8 aromatic rings. The summed E-state index contributed by atoms with van der Waals surface area (Å²) in [5, 5.41) is 35.8. The van der Waals surface area contributed by atoms with Crippen LogP contribution in [-0.2, 0) is 30.5 Å². The topological polar surface area (TPSA) is 347 Å². The fraction of sp³-hybridized carbons (Fsp3) is 0.308. The summed E-state index contributed by atoms with van der Waals surface area (Å²) >= 11 is 7.10. The van der Waals surface area contributed by atoms with Crippen molar-refractivity contribution in [1.29, 1.82) is 0 Å². The van der Waals surface area contributed by atoms with Gasteiger partial charge in [0.2, 0.25) is 17.7 Å². The number of thiazole rings is 6. The molecule has 8 heterocycles. The lowest BCUT2D eigenvalue weighted by molar-refractivity contribution is -0.122. The van der Waals surface area contributed by atoms with Gasteiger partial charge in [0.1, 0.15) is 70.8 Å². The molecule has 1 aromatic carbocycles. The van der Waals surface area contributed by atoms with E-state index in [0.717, 1.165) is 11.3 Å². The highest BCUT2D eigenvalue weighted by molar-refractivity contribution is 7.19. The number of anilines is 1. The molecule has 0 fully saturated rings. The summed E-state index contributed by atoms with van der Waals surface area (Å²) in [5.41, 5.74) is 7.50. The Bertz CT molecular complexity index is 3670. The van der Waals surface area contributed by atoms with Crippen LogP contribution in [0.15, 0.2) is 64.8 Å². The minimum absolute atomic E-state index is 0.000963. The second-order valence-electron chi connectivity index (χ2n) is 18.5. The van der Waals surface area contributed by atoms with Crippen molar-refractivity contribution in [2.24, 2.45) is 11.7 Å². The molecule has 82 heavy (non-hydrogen) atoms. The number of carbonyl (C=O) groups is 7. The molecule has 10 bridgehead atoms. The number of nitrogens with zero attached hydrogens (tertiary/aromatic N) is 7. The number of aliphatic hydroxyl groups excluding tert-OH is 1. The van der Waals surface area contributed by atoms with Crippen molar-refractivity contribution >= 4 is 115 Å². The van der Waals surface area contributed by atoms with Gasteiger partial charge < -0.3 is 46.9 Å². The molecule has 7 amide bonds. The maximum atomic E-state index is 14.3. The van der Waals surface area contributed by atoms with Crippen LogP contribution in [0, 0.1) is 12.8 Å². The van der Waals surface area contributed by atoms with Gasteiger partial charge in [-0.3, -0.25) is 34.1 Å². The number of hydrogen-bond donors (Lipinski definition) is 8. The molecule has 426 valence electrons. The number of aryl methyl sites for hydroxylation is 1. The van der Waals surface area contributed by atoms with E-state index >= 15 is 0 Å². The Morgan fingerprint density at radius 3 is 2.29 bits per heavy atom. The number of nitrogens with two attached hydrogens (primary N) is 1. The molecule has 9 N–H and O–H groups in total. The molecule has 1 aliphatic heterocycles. The third-order valence-corrected chi connectivity index (χ3v) is 18.2. The number of hydrogen-bond acceptors (Lipinski definition) is 23. The number of nitrogens with one attached hydrogen (secondary N) is 6. The molecular weight excluding hydrogens is 1170 g/mol. The van der Waals surface area contributed by atoms with Gasteiger partial charge in [0.15, 0.2) is 0 Å². The van der Waals surface area contributed by atoms with E-state index < -0.39 is 72.3 Å². The van der Waals surface area contributed by atoms with Crippen LogP contribution in [0.25, 0.3) is 42.5 Å². The van der Waals surface area contributed by atoms with E-state index in [-0.39, 0.29) is 66.3 Å². The smallest absolute Gasteiger partial charge is 0.412 e. The summed E-state index contributed by atoms with van der Waals surface area (Å²) in [6, 6.07) is 9.43. The van der Waals surface area contributed by atoms with Crippen LogP contribution in [0.4, 0.5) is 10.6 Å². The number of benzene rings is 1. The van der Waals surface area contributed by atoms with Gasteiger partial charge in [0.25, 0.3) is 17.7 Å². The molecule has 0 saturated heterocycles. The number of amides is 7. The van der Waals surface area contributed by atoms with E-state index in [2.05, 4.69) is 46.9 Å². The van der Waals surface area contributed by atoms with Crippen LogP contribution in [0.3, 0.4) is 0 Å². The molecule has 30 heteroatoms. The molecule has 24 nitrogen and oxygen atoms in total. The highest BCUT2D eigenvalue weighted by Gasteiger charge is 2.33. The SMILES string of the molecule is CNC(=O)C[C@@H]1NC(=O)c2csc(n2)-c2ccc(-c3nc(NC(=O)OCCCC(N)=O)cs3)nc2-c2cnc(s2)-c2csc(n2)[C@H]([C@@H](O)c2ccccc2)NC(=O)CNC(=O)c2nc(sc2COC)[C@H](C(C)C)NC(=O)c2nc1sc2C. The van der Waals surface area contributed by atoms with Crippen LogP contribution in [0.1, 0.15) is 119 Å². The van der Waals surface area contributed by atoms with Gasteiger partial charge in [-0.1, -0.05) is 44.2 Å². The second kappa shape index (κ2) is 26.4. The zero-order chi connectivity index (χ0) is 58.2. The first kappa shape index (κ1) is 58.8. The average Bonchev–Trinajstić information content (AvgIpc) is 4.45. The van der Waals surface area contributed by atoms with E-state index in [4.69, 9.17) is 35.1 Å². The van der Waals surface area contributed by atoms with Gasteiger partial charge >= 0.3 is 6.09 Å². The molecule has 0 saturated carbocycles. The van der Waals surface area contributed by atoms with Gasteiger partial charge in [-0.15, -0.1) is 68.0 Å². The predicted octanol–water partition coefficient (Wildman–Crippen LogP) is 7.13. The Labute approximate surface area is 491 Å². The number of aliphatic hydroxyl groups is 1. The monoisotopic (exact) mass is 1220 g/mol. The minimum atomic E-state index is -1.28. The highest BCUT2D eigenvalue weighted by atomic mass is 32.1. The lowest BCUT2D eigenvalue weighted by Crippen LogP contribution is -2.40. The van der Waals surface area contributed by atoms with E-state index in [1.165, 1.54) is 70.8 Å². The van der Waals surface area contributed by atoms with Crippen LogP contribution in [0.2, 0.25) is 0 Å². The maximum absolute atomic E-state index is 14.3. The second-order valence-corrected chi connectivity index (χ2v) is 24.5. The summed E-state index contributed by atoms with van der Waals surface area (Å²) < 4.78 is 10.6. The van der Waals surface area contributed by atoms with Gasteiger partial charge in [0.05, 0.1) is 59.4 Å². The molecule has 1 aliphatic rings. The summed E-state index contributed by atoms with van der Waals surface area (Å²) in [6.45, 7) is 4.91. The van der Waals surface area contributed by atoms with Crippen LogP contribution in [0.5, 0.6) is 0 Å². The number of methoxy groups -OCH3 is 1. The zero-order valence-corrected chi connectivity index (χ0v) is 49.2. The van der Waals surface area contributed by atoms with Crippen LogP contribution in [-0.4, -0.2) is 109 Å². The summed E-state index contributed by atoms with van der Waals surface area (Å²) in [7, 11) is 2.93. The number of primary amides is 1. The van der Waals surface area contributed by atoms with Crippen LogP contribution < -0.4 is 37.6 Å². The van der Waals surface area contributed by atoms with Crippen molar-refractivity contribution in [3.8, 4) is 42.5 Å². The third-order valence-electron chi connectivity index (χ3n) is 12.3. The number of rotatable bonds is 13.